The second-order valence-electron chi connectivity index (χ2n) is 6.41. The number of anilines is 1. The summed E-state index contributed by atoms with van der Waals surface area (Å²) < 4.78 is 32.4. The summed E-state index contributed by atoms with van der Waals surface area (Å²) in [6, 6.07) is 11.8. The van der Waals surface area contributed by atoms with Crippen molar-refractivity contribution in [3.05, 3.63) is 53.1 Å². The second-order valence-corrected chi connectivity index (χ2v) is 8.72. The number of halogens is 1. The Kier molecular flexibility index (Phi) is 6.04. The summed E-state index contributed by atoms with van der Waals surface area (Å²) in [5, 5.41) is 2.79. The Hall–Kier alpha value is -2.09. The van der Waals surface area contributed by atoms with Crippen molar-refractivity contribution in [2.75, 3.05) is 25.0 Å². The predicted molar refractivity (Wildman–Crippen MR) is 105 cm³/mol. The lowest BCUT2D eigenvalue weighted by Crippen LogP contribution is -2.28. The zero-order valence-corrected chi connectivity index (χ0v) is 16.5. The van der Waals surface area contributed by atoms with E-state index >= 15 is 0 Å². The van der Waals surface area contributed by atoms with Crippen molar-refractivity contribution in [2.24, 2.45) is 0 Å². The number of sulfonamides is 1. The van der Waals surface area contributed by atoms with Crippen LogP contribution in [0.2, 0.25) is 5.02 Å². The molecule has 0 aliphatic carbocycles. The third kappa shape index (κ3) is 4.80. The van der Waals surface area contributed by atoms with Crippen LogP contribution in [0.3, 0.4) is 0 Å². The first-order chi connectivity index (χ1) is 12.9. The van der Waals surface area contributed by atoms with Crippen molar-refractivity contribution in [2.45, 2.75) is 24.7 Å². The summed E-state index contributed by atoms with van der Waals surface area (Å²) in [5.41, 5.74) is 1.39. The normalized spacial score (nSPS) is 14.9. The zero-order chi connectivity index (χ0) is 19.4. The van der Waals surface area contributed by atoms with E-state index in [-0.39, 0.29) is 22.4 Å². The highest BCUT2D eigenvalue weighted by Crippen LogP contribution is 2.29. The molecule has 6 nitrogen and oxygen atoms in total. The number of ether oxygens (including phenoxy) is 1. The molecule has 27 heavy (non-hydrogen) atoms. The lowest BCUT2D eigenvalue weighted by Gasteiger charge is -2.17. The van der Waals surface area contributed by atoms with E-state index in [4.69, 9.17) is 16.3 Å². The van der Waals surface area contributed by atoms with Crippen LogP contribution in [0.4, 0.5) is 5.69 Å². The lowest BCUT2D eigenvalue weighted by atomic mass is 10.2. The Morgan fingerprint density at radius 2 is 1.93 bits per heavy atom. The summed E-state index contributed by atoms with van der Waals surface area (Å²) in [4.78, 5) is 12.1. The fourth-order valence-electron chi connectivity index (χ4n) is 2.90. The van der Waals surface area contributed by atoms with Crippen molar-refractivity contribution in [1.82, 2.24) is 4.31 Å². The van der Waals surface area contributed by atoms with E-state index in [0.717, 1.165) is 18.4 Å². The van der Waals surface area contributed by atoms with Crippen molar-refractivity contribution >= 4 is 33.2 Å². The molecule has 3 rings (SSSR count). The van der Waals surface area contributed by atoms with E-state index in [9.17, 15) is 13.2 Å². The van der Waals surface area contributed by atoms with Gasteiger partial charge in [-0.3, -0.25) is 4.79 Å². The van der Waals surface area contributed by atoms with E-state index in [0.29, 0.717) is 24.5 Å². The van der Waals surface area contributed by atoms with Crippen LogP contribution in [0, 0.1) is 6.92 Å². The first-order valence-corrected chi connectivity index (χ1v) is 10.5. The van der Waals surface area contributed by atoms with Gasteiger partial charge in [-0.15, -0.1) is 0 Å². The minimum atomic E-state index is -3.67. The van der Waals surface area contributed by atoms with Gasteiger partial charge in [0.05, 0.1) is 5.02 Å². The van der Waals surface area contributed by atoms with Gasteiger partial charge < -0.3 is 10.1 Å². The predicted octanol–water partition coefficient (Wildman–Crippen LogP) is 3.45. The molecule has 1 aliphatic heterocycles. The second kappa shape index (κ2) is 8.29. The van der Waals surface area contributed by atoms with Gasteiger partial charge >= 0.3 is 0 Å². The Labute approximate surface area is 164 Å². The molecule has 2 aromatic rings. The molecule has 0 saturated carbocycles. The van der Waals surface area contributed by atoms with Gasteiger partial charge in [0.15, 0.2) is 6.61 Å². The summed E-state index contributed by atoms with van der Waals surface area (Å²) in [5.74, 6) is 0.210. The molecule has 1 N–H and O–H groups in total. The van der Waals surface area contributed by atoms with Gasteiger partial charge in [0.1, 0.15) is 10.6 Å². The van der Waals surface area contributed by atoms with Crippen molar-refractivity contribution in [1.29, 1.82) is 0 Å². The number of benzene rings is 2. The van der Waals surface area contributed by atoms with Crippen LogP contribution in [0.25, 0.3) is 0 Å². The molecule has 1 saturated heterocycles. The average Bonchev–Trinajstić information content (AvgIpc) is 3.17. The van der Waals surface area contributed by atoms with Crippen LogP contribution < -0.4 is 10.1 Å². The van der Waals surface area contributed by atoms with Gasteiger partial charge in [0.2, 0.25) is 10.0 Å². The maximum Gasteiger partial charge on any atom is 0.262 e. The largest absolute Gasteiger partial charge is 0.484 e. The van der Waals surface area contributed by atoms with Crippen LogP contribution in [0.15, 0.2) is 47.4 Å². The van der Waals surface area contributed by atoms with Gasteiger partial charge in [0.25, 0.3) is 5.91 Å². The number of carbonyl (C=O) groups excluding carboxylic acids is 1. The van der Waals surface area contributed by atoms with Crippen LogP contribution in [-0.2, 0) is 14.8 Å². The van der Waals surface area contributed by atoms with Crippen molar-refractivity contribution in [3.63, 3.8) is 0 Å². The molecule has 1 amide bonds. The molecule has 2 aromatic carbocycles. The fourth-order valence-corrected chi connectivity index (χ4v) is 4.91. The number of nitrogens with zero attached hydrogens (tertiary/aromatic N) is 1. The van der Waals surface area contributed by atoms with Gasteiger partial charge in [-0.05, 0) is 55.7 Å². The van der Waals surface area contributed by atoms with Crippen LogP contribution >= 0.6 is 11.6 Å². The Morgan fingerprint density at radius 1 is 1.19 bits per heavy atom. The van der Waals surface area contributed by atoms with Crippen LogP contribution in [0.1, 0.15) is 18.4 Å². The smallest absolute Gasteiger partial charge is 0.262 e. The first-order valence-electron chi connectivity index (χ1n) is 8.65. The number of hydrogen-bond donors (Lipinski definition) is 1. The highest BCUT2D eigenvalue weighted by atomic mass is 35.5. The molecule has 0 spiro atoms. The molecule has 0 radical (unpaired) electrons. The number of rotatable bonds is 6. The number of amides is 1. The first kappa shape index (κ1) is 19.7. The highest BCUT2D eigenvalue weighted by Gasteiger charge is 2.29. The Bertz CT molecular complexity index is 940. The standard InChI is InChI=1S/C19H21ClN2O4S/c1-14-5-4-6-16(11-14)26-13-19(23)21-15-7-8-17(20)18(12-15)27(24,25)22-9-2-3-10-22/h4-8,11-12H,2-3,9-10,13H2,1H3,(H,21,23). The third-order valence-corrected chi connectivity index (χ3v) is 6.64. The minimum absolute atomic E-state index is 0.00321. The summed E-state index contributed by atoms with van der Waals surface area (Å²) in [6.07, 6.45) is 1.67. The highest BCUT2D eigenvalue weighted by molar-refractivity contribution is 7.89. The summed E-state index contributed by atoms with van der Waals surface area (Å²) in [7, 11) is -3.67. The van der Waals surface area contributed by atoms with Gasteiger partial charge in [-0.2, -0.15) is 4.31 Å². The van der Waals surface area contributed by atoms with E-state index in [1.54, 1.807) is 12.1 Å². The number of nitrogens with one attached hydrogen (secondary N) is 1. The van der Waals surface area contributed by atoms with Gasteiger partial charge in [-0.1, -0.05) is 23.7 Å². The zero-order valence-electron chi connectivity index (χ0n) is 14.9. The third-order valence-electron chi connectivity index (χ3n) is 4.26. The van der Waals surface area contributed by atoms with Gasteiger partial charge in [0, 0.05) is 18.8 Å². The Morgan fingerprint density at radius 3 is 2.63 bits per heavy atom. The molecule has 0 aromatic heterocycles. The minimum Gasteiger partial charge on any atom is -0.484 e. The fraction of sp³-hybridized carbons (Fsp3) is 0.316. The molecule has 0 bridgehead atoms. The topological polar surface area (TPSA) is 75.7 Å². The summed E-state index contributed by atoms with van der Waals surface area (Å²) >= 11 is 6.11. The molecule has 1 fully saturated rings. The SMILES string of the molecule is Cc1cccc(OCC(=O)Nc2ccc(Cl)c(S(=O)(=O)N3CCCC3)c2)c1. The van der Waals surface area contributed by atoms with Gasteiger partial charge in [-0.25, -0.2) is 8.42 Å². The average molecular weight is 409 g/mol. The van der Waals surface area contributed by atoms with Crippen molar-refractivity contribution in [3.8, 4) is 5.75 Å². The number of hydrogen-bond acceptors (Lipinski definition) is 4. The monoisotopic (exact) mass is 408 g/mol. The quantitative estimate of drug-likeness (QED) is 0.794. The number of carbonyl (C=O) groups is 1. The Balaban J connectivity index is 1.69. The molecule has 0 unspecified atom stereocenters. The number of aryl methyl sites for hydroxylation is 1. The van der Waals surface area contributed by atoms with E-state index in [2.05, 4.69) is 5.32 Å². The maximum atomic E-state index is 12.7. The molecule has 8 heteroatoms. The van der Waals surface area contributed by atoms with E-state index in [1.165, 1.54) is 16.4 Å². The molecular formula is C19H21ClN2O4S. The molecule has 1 aliphatic rings. The van der Waals surface area contributed by atoms with E-state index in [1.807, 2.05) is 25.1 Å². The lowest BCUT2D eigenvalue weighted by molar-refractivity contribution is -0.118. The van der Waals surface area contributed by atoms with Crippen LogP contribution in [-0.4, -0.2) is 38.3 Å². The molecule has 1 heterocycles. The molecule has 144 valence electrons. The van der Waals surface area contributed by atoms with Crippen molar-refractivity contribution < 1.29 is 17.9 Å². The van der Waals surface area contributed by atoms with Crippen LogP contribution in [0.5, 0.6) is 5.75 Å². The van der Waals surface area contributed by atoms with E-state index < -0.39 is 10.0 Å². The molecular weight excluding hydrogens is 388 g/mol. The molecule has 0 atom stereocenters. The summed E-state index contributed by atoms with van der Waals surface area (Å²) in [6.45, 7) is 2.72. The maximum absolute atomic E-state index is 12.7.